The molecule has 0 atom stereocenters. The second-order valence-corrected chi connectivity index (χ2v) is 19.0. The molecule has 4 aliphatic rings. The third kappa shape index (κ3) is 11.8. The number of nitrogens with one attached hydrogen (secondary N) is 1. The molecule has 6 aromatic rings. The van der Waals surface area contributed by atoms with E-state index in [9.17, 15) is 9.59 Å². The Hall–Kier alpha value is -4.75. The third-order valence-electron chi connectivity index (χ3n) is 12.6. The number of esters is 2. The zero-order chi connectivity index (χ0) is 47.0. The molecule has 16 heteroatoms. The van der Waals surface area contributed by atoms with Gasteiger partial charge in [-0.15, -0.1) is 11.6 Å². The van der Waals surface area contributed by atoms with Gasteiger partial charge >= 0.3 is 11.9 Å². The number of carbonyl (C=O) groups is 2. The van der Waals surface area contributed by atoms with E-state index in [2.05, 4.69) is 31.5 Å². The number of alkyl halides is 1. The molecule has 2 saturated heterocycles. The molecule has 2 aromatic heterocycles. The second-order valence-electron chi connectivity index (χ2n) is 17.1. The van der Waals surface area contributed by atoms with Gasteiger partial charge in [0.15, 0.2) is 0 Å². The predicted octanol–water partition coefficient (Wildman–Crippen LogP) is 12.9. The van der Waals surface area contributed by atoms with E-state index in [1.807, 2.05) is 48.5 Å². The van der Waals surface area contributed by atoms with Crippen LogP contribution in [0.5, 0.6) is 0 Å². The van der Waals surface area contributed by atoms with Crippen LogP contribution in [0.4, 0.5) is 11.4 Å². The average Bonchev–Trinajstić information content (AvgIpc) is 4.31. The fourth-order valence-electron chi connectivity index (χ4n) is 8.65. The number of methoxy groups -OCH3 is 2. The van der Waals surface area contributed by atoms with E-state index in [0.29, 0.717) is 66.1 Å². The van der Waals surface area contributed by atoms with Crippen molar-refractivity contribution in [1.29, 1.82) is 0 Å². The summed E-state index contributed by atoms with van der Waals surface area (Å²) in [6.07, 6.45) is 7.56. The number of hydrogen-bond acceptors (Lipinski definition) is 11. The number of carbonyl (C=O) groups excluding carboxylic acids is 2. The van der Waals surface area contributed by atoms with Crippen LogP contribution in [0.2, 0.25) is 20.1 Å². The number of nitrogens with zero attached hydrogens (tertiary/aromatic N) is 4. The summed E-state index contributed by atoms with van der Waals surface area (Å²) in [5.41, 5.74) is 8.34. The lowest BCUT2D eigenvalue weighted by Gasteiger charge is -2.34. The summed E-state index contributed by atoms with van der Waals surface area (Å²) in [5.74, 6) is 3.10. The van der Waals surface area contributed by atoms with Crippen LogP contribution in [0.15, 0.2) is 94.0 Å². The molecule has 4 heterocycles. The molecule has 4 aromatic carbocycles. The van der Waals surface area contributed by atoms with Gasteiger partial charge < -0.3 is 33.6 Å². The van der Waals surface area contributed by atoms with Gasteiger partial charge in [-0.05, 0) is 112 Å². The topological polar surface area (TPSA) is 123 Å². The molecule has 0 radical (unpaired) electrons. The third-order valence-corrected chi connectivity index (χ3v) is 14.1. The van der Waals surface area contributed by atoms with Gasteiger partial charge in [0.2, 0.25) is 0 Å². The van der Waals surface area contributed by atoms with E-state index in [1.54, 1.807) is 30.3 Å². The maximum absolute atomic E-state index is 11.9. The molecule has 0 spiro atoms. The molecule has 11 nitrogen and oxygen atoms in total. The molecule has 2 aliphatic heterocycles. The molecule has 0 bridgehead atoms. The van der Waals surface area contributed by atoms with Crippen LogP contribution in [0.25, 0.3) is 22.5 Å². The van der Waals surface area contributed by atoms with Gasteiger partial charge in [-0.2, -0.15) is 0 Å². The fraction of sp³-hybridized carbons (Fsp3) is 0.373. The molecule has 0 unspecified atom stereocenters. The Morgan fingerprint density at radius 3 is 1.46 bits per heavy atom. The van der Waals surface area contributed by atoms with Crippen molar-refractivity contribution in [3.8, 4) is 22.5 Å². The van der Waals surface area contributed by atoms with E-state index in [4.69, 9.17) is 76.5 Å². The molecule has 1 N–H and O–H groups in total. The highest BCUT2D eigenvalue weighted by atomic mass is 35.5. The Bertz CT molecular complexity index is 2630. The lowest BCUT2D eigenvalue weighted by atomic mass is 9.87. The van der Waals surface area contributed by atoms with Crippen molar-refractivity contribution in [2.75, 3.05) is 63.3 Å². The number of piperidine rings is 1. The molecule has 2 aliphatic carbocycles. The van der Waals surface area contributed by atoms with E-state index < -0.39 is 0 Å². The highest BCUT2D eigenvalue weighted by molar-refractivity contribution is 6.39. The first-order valence-corrected chi connectivity index (χ1v) is 24.6. The Morgan fingerprint density at radius 2 is 1.03 bits per heavy atom. The highest BCUT2D eigenvalue weighted by Gasteiger charge is 2.35. The van der Waals surface area contributed by atoms with Crippen molar-refractivity contribution in [2.24, 2.45) is 5.92 Å². The fourth-order valence-corrected chi connectivity index (χ4v) is 10.1. The smallest absolute Gasteiger partial charge is 0.337 e. The van der Waals surface area contributed by atoms with Gasteiger partial charge in [-0.1, -0.05) is 81.0 Å². The molecular weight excluding hydrogens is 956 g/mol. The zero-order valence-corrected chi connectivity index (χ0v) is 41.1. The van der Waals surface area contributed by atoms with Gasteiger partial charge in [0.1, 0.15) is 22.9 Å². The van der Waals surface area contributed by atoms with Crippen LogP contribution >= 0.6 is 58.0 Å². The number of aromatic nitrogens is 2. The van der Waals surface area contributed by atoms with Crippen LogP contribution in [0.3, 0.4) is 0 Å². The summed E-state index contributed by atoms with van der Waals surface area (Å²) in [6.45, 7) is 5.79. The van der Waals surface area contributed by atoms with Crippen molar-refractivity contribution in [3.05, 3.63) is 139 Å². The molecule has 352 valence electrons. The van der Waals surface area contributed by atoms with E-state index in [0.717, 1.165) is 124 Å². The SMILES string of the molecule is COC(=O)c1cccc(N2CCC(Cc3c(-c4c(Cl)cccc4Cl)noc3C3CC3)CC2)c1.COC(=O)c1cccc(N2CCNCC2)c1.ClCc1c(-c2c(Cl)cccc2Cl)noc1C1CC1. The number of benzene rings is 4. The largest absolute Gasteiger partial charge is 0.465 e. The molecular formula is C51H52Cl5N5O6. The molecule has 4 fully saturated rings. The lowest BCUT2D eigenvalue weighted by molar-refractivity contribution is 0.0592. The Balaban J connectivity index is 0.000000150. The van der Waals surface area contributed by atoms with Gasteiger partial charge in [0, 0.05) is 84.7 Å². The number of ether oxygens (including phenoxy) is 2. The normalized spacial score (nSPS) is 16.1. The first-order valence-electron chi connectivity index (χ1n) is 22.6. The summed E-state index contributed by atoms with van der Waals surface area (Å²) in [6, 6.07) is 26.1. The lowest BCUT2D eigenvalue weighted by Crippen LogP contribution is -2.43. The van der Waals surface area contributed by atoms with Crippen molar-refractivity contribution in [2.45, 2.75) is 62.7 Å². The monoisotopic (exact) mass is 1010 g/mol. The minimum atomic E-state index is -0.308. The standard InChI is InChI=1S/C26H26Cl2N2O3.C13H10Cl3NO.C12H16N2O2/c1-32-26(31)18-4-2-5-19(15-18)30-12-10-16(11-13-30)14-20-24(29-33-25(20)17-8-9-17)23-21(27)6-3-7-22(23)28;14-6-8-12(17-18-13(8)7-4-5-7)11-9(15)2-1-3-10(11)16;1-16-12(15)10-3-2-4-11(9-10)14-7-5-13-6-8-14/h2-7,15-17H,8-14H2,1H3;1-3,7H,4-6H2;2-4,9,13H,5-8H2,1H3. The summed E-state index contributed by atoms with van der Waals surface area (Å²) in [4.78, 5) is 27.9. The quantitative estimate of drug-likeness (QED) is 0.0985. The Kier molecular flexibility index (Phi) is 16.4. The van der Waals surface area contributed by atoms with E-state index in [-0.39, 0.29) is 11.9 Å². The van der Waals surface area contributed by atoms with Gasteiger partial charge in [-0.3, -0.25) is 0 Å². The van der Waals surface area contributed by atoms with Crippen molar-refractivity contribution >= 4 is 81.3 Å². The maximum atomic E-state index is 11.9. The summed E-state index contributed by atoms with van der Waals surface area (Å²) >= 11 is 31.4. The van der Waals surface area contributed by atoms with Gasteiger partial charge in [0.05, 0.1) is 51.3 Å². The number of piperazine rings is 1. The summed E-state index contributed by atoms with van der Waals surface area (Å²) < 4.78 is 20.8. The number of hydrogen-bond donors (Lipinski definition) is 1. The van der Waals surface area contributed by atoms with Crippen LogP contribution in [0, 0.1) is 5.92 Å². The Labute approximate surface area is 415 Å². The van der Waals surface area contributed by atoms with Gasteiger partial charge in [-0.25, -0.2) is 9.59 Å². The summed E-state index contributed by atoms with van der Waals surface area (Å²) in [5, 5.41) is 14.2. The van der Waals surface area contributed by atoms with E-state index in [1.165, 1.54) is 19.8 Å². The number of anilines is 2. The van der Waals surface area contributed by atoms with Crippen LogP contribution in [-0.4, -0.2) is 75.7 Å². The van der Waals surface area contributed by atoms with E-state index >= 15 is 0 Å². The van der Waals surface area contributed by atoms with Crippen LogP contribution in [-0.2, 0) is 21.8 Å². The second kappa shape index (κ2) is 22.6. The molecule has 67 heavy (non-hydrogen) atoms. The minimum absolute atomic E-state index is 0.281. The van der Waals surface area contributed by atoms with Crippen LogP contribution < -0.4 is 15.1 Å². The zero-order valence-electron chi connectivity index (χ0n) is 37.3. The van der Waals surface area contributed by atoms with Crippen LogP contribution in [0.1, 0.15) is 93.7 Å². The maximum Gasteiger partial charge on any atom is 0.337 e. The molecule has 2 saturated carbocycles. The number of rotatable bonds is 11. The summed E-state index contributed by atoms with van der Waals surface area (Å²) in [7, 11) is 2.81. The first kappa shape index (κ1) is 48.7. The predicted molar refractivity (Wildman–Crippen MR) is 267 cm³/mol. The van der Waals surface area contributed by atoms with Crippen molar-refractivity contribution in [1.82, 2.24) is 15.6 Å². The van der Waals surface area contributed by atoms with Crippen molar-refractivity contribution < 1.29 is 28.1 Å². The van der Waals surface area contributed by atoms with Gasteiger partial charge in [0.25, 0.3) is 0 Å². The highest BCUT2D eigenvalue weighted by Crippen LogP contribution is 2.48. The van der Waals surface area contributed by atoms with Crippen molar-refractivity contribution in [3.63, 3.8) is 0 Å². The first-order chi connectivity index (χ1) is 32.6. The minimum Gasteiger partial charge on any atom is -0.465 e. The molecule has 10 rings (SSSR count). The average molecular weight is 1010 g/mol. The Morgan fingerprint density at radius 1 is 0.612 bits per heavy atom. The number of halogens is 5. The molecule has 0 amide bonds.